The number of allylic oxidation sites excluding steroid dienone is 1. The van der Waals surface area contributed by atoms with E-state index in [1.807, 2.05) is 0 Å². The molecule has 0 rings (SSSR count). The monoisotopic (exact) mass is 299 g/mol. The molecule has 0 unspecified atom stereocenters. The molecule has 1 amide bonds. The van der Waals surface area contributed by atoms with Crippen molar-refractivity contribution in [3.63, 3.8) is 0 Å². The van der Waals surface area contributed by atoms with E-state index in [0.29, 0.717) is 0 Å². The van der Waals surface area contributed by atoms with E-state index in [0.717, 1.165) is 6.20 Å². The van der Waals surface area contributed by atoms with Crippen LogP contribution in [0.3, 0.4) is 0 Å². The van der Waals surface area contributed by atoms with Crippen LogP contribution < -0.4 is 5.32 Å². The number of alkyl halides is 3. The zero-order valence-corrected chi connectivity index (χ0v) is 11.6. The van der Waals surface area contributed by atoms with Crippen LogP contribution in [0.15, 0.2) is 23.9 Å². The summed E-state index contributed by atoms with van der Waals surface area (Å²) in [6.07, 6.45) is 4.21. The minimum absolute atomic E-state index is 0.150. The molecule has 0 bridgehead atoms. The molecule has 0 heterocycles. The zero-order valence-electron chi connectivity index (χ0n) is 9.30. The SMILES string of the molecule is C/C=C/C(=C\NC(=O)C(Cl)(Cl)Cl)C(=O)OCC. The van der Waals surface area contributed by atoms with Gasteiger partial charge in [0.2, 0.25) is 0 Å². The number of halogens is 3. The van der Waals surface area contributed by atoms with Crippen molar-refractivity contribution in [2.45, 2.75) is 17.6 Å². The average molecular weight is 301 g/mol. The van der Waals surface area contributed by atoms with Gasteiger partial charge >= 0.3 is 5.97 Å². The molecule has 0 atom stereocenters. The number of nitrogens with one attached hydrogen (secondary N) is 1. The van der Waals surface area contributed by atoms with Gasteiger partial charge in [0.05, 0.1) is 12.2 Å². The van der Waals surface area contributed by atoms with E-state index in [-0.39, 0.29) is 12.2 Å². The maximum absolute atomic E-state index is 11.4. The van der Waals surface area contributed by atoms with Crippen molar-refractivity contribution < 1.29 is 14.3 Å². The van der Waals surface area contributed by atoms with Gasteiger partial charge in [0.1, 0.15) is 0 Å². The van der Waals surface area contributed by atoms with Crippen molar-refractivity contribution in [2.24, 2.45) is 0 Å². The molecule has 96 valence electrons. The number of carbonyl (C=O) groups is 2. The summed E-state index contributed by atoms with van der Waals surface area (Å²) in [6, 6.07) is 0. The molecule has 4 nitrogen and oxygen atoms in total. The number of amides is 1. The standard InChI is InChI=1S/C10H12Cl3NO3/c1-3-5-7(8(15)17-4-2)6-14-9(16)10(11,12)13/h3,5-6H,4H2,1-2H3,(H,14,16)/b5-3+,7-6+. The van der Waals surface area contributed by atoms with Crippen molar-refractivity contribution in [3.05, 3.63) is 23.9 Å². The number of ether oxygens (including phenoxy) is 1. The maximum atomic E-state index is 11.4. The minimum Gasteiger partial charge on any atom is -0.462 e. The highest BCUT2D eigenvalue weighted by Gasteiger charge is 2.29. The first-order chi connectivity index (χ1) is 7.82. The predicted molar refractivity (Wildman–Crippen MR) is 68.0 cm³/mol. The van der Waals surface area contributed by atoms with Crippen LogP contribution in [0.2, 0.25) is 0 Å². The molecular formula is C10H12Cl3NO3. The fourth-order valence-electron chi connectivity index (χ4n) is 0.794. The molecule has 0 spiro atoms. The summed E-state index contributed by atoms with van der Waals surface area (Å²) >= 11 is 16.0. The molecule has 0 aromatic rings. The smallest absolute Gasteiger partial charge is 0.339 e. The highest BCUT2D eigenvalue weighted by atomic mass is 35.6. The molecule has 0 aromatic carbocycles. The molecule has 0 aromatic heterocycles. The molecular weight excluding hydrogens is 288 g/mol. The lowest BCUT2D eigenvalue weighted by atomic mass is 10.2. The molecule has 0 aliphatic carbocycles. The first-order valence-electron chi connectivity index (χ1n) is 4.70. The molecule has 1 N–H and O–H groups in total. The van der Waals surface area contributed by atoms with Crippen molar-refractivity contribution >= 4 is 46.7 Å². The Balaban J connectivity index is 4.73. The Morgan fingerprint density at radius 2 is 1.94 bits per heavy atom. The summed E-state index contributed by atoms with van der Waals surface area (Å²) in [7, 11) is 0. The van der Waals surface area contributed by atoms with Gasteiger partial charge in [-0.05, 0) is 13.8 Å². The molecule has 0 fully saturated rings. The number of hydrogen-bond donors (Lipinski definition) is 1. The Kier molecular flexibility index (Phi) is 7.27. The molecule has 0 saturated heterocycles. The van der Waals surface area contributed by atoms with Gasteiger partial charge in [-0.25, -0.2) is 4.79 Å². The van der Waals surface area contributed by atoms with Crippen molar-refractivity contribution in [2.75, 3.05) is 6.61 Å². The minimum atomic E-state index is -2.08. The summed E-state index contributed by atoms with van der Waals surface area (Å²) in [5, 5.41) is 2.20. The third-order valence-electron chi connectivity index (χ3n) is 1.47. The lowest BCUT2D eigenvalue weighted by molar-refractivity contribution is -0.138. The summed E-state index contributed by atoms with van der Waals surface area (Å²) < 4.78 is 2.69. The molecule has 0 saturated carbocycles. The third-order valence-corrected chi connectivity index (χ3v) is 1.99. The first-order valence-corrected chi connectivity index (χ1v) is 5.84. The highest BCUT2D eigenvalue weighted by molar-refractivity contribution is 6.76. The van der Waals surface area contributed by atoms with Crippen molar-refractivity contribution in [1.82, 2.24) is 5.32 Å². The Labute approximate surface area is 115 Å². The normalized spacial score (nSPS) is 12.6. The third kappa shape index (κ3) is 6.56. The van der Waals surface area contributed by atoms with Gasteiger partial charge in [0, 0.05) is 6.20 Å². The van der Waals surface area contributed by atoms with E-state index in [4.69, 9.17) is 39.5 Å². The summed E-state index contributed by atoms with van der Waals surface area (Å²) in [5.74, 6) is -1.43. The second kappa shape index (κ2) is 7.58. The van der Waals surface area contributed by atoms with Crippen LogP contribution in [0.5, 0.6) is 0 Å². The fraction of sp³-hybridized carbons (Fsp3) is 0.400. The Morgan fingerprint density at radius 3 is 2.35 bits per heavy atom. The zero-order chi connectivity index (χ0) is 13.5. The second-order valence-electron chi connectivity index (χ2n) is 2.79. The Morgan fingerprint density at radius 1 is 1.35 bits per heavy atom. The summed E-state index contributed by atoms with van der Waals surface area (Å²) in [4.78, 5) is 22.6. The van der Waals surface area contributed by atoms with E-state index < -0.39 is 15.7 Å². The molecule has 0 radical (unpaired) electrons. The Hall–Kier alpha value is -0.710. The maximum Gasteiger partial charge on any atom is 0.339 e. The first kappa shape index (κ1) is 16.3. The lowest BCUT2D eigenvalue weighted by Crippen LogP contribution is -2.31. The van der Waals surface area contributed by atoms with E-state index in [9.17, 15) is 9.59 Å². The second-order valence-corrected chi connectivity index (χ2v) is 5.07. The largest absolute Gasteiger partial charge is 0.462 e. The van der Waals surface area contributed by atoms with Crippen LogP contribution in [-0.4, -0.2) is 22.3 Å². The van der Waals surface area contributed by atoms with Crippen LogP contribution in [0.25, 0.3) is 0 Å². The van der Waals surface area contributed by atoms with E-state index in [1.54, 1.807) is 19.9 Å². The fourth-order valence-corrected chi connectivity index (χ4v) is 0.958. The molecule has 7 heteroatoms. The lowest BCUT2D eigenvalue weighted by Gasteiger charge is -2.09. The van der Waals surface area contributed by atoms with Gasteiger partial charge < -0.3 is 10.1 Å². The van der Waals surface area contributed by atoms with Gasteiger partial charge in [-0.2, -0.15) is 0 Å². The van der Waals surface area contributed by atoms with E-state index in [1.165, 1.54) is 6.08 Å². The summed E-state index contributed by atoms with van der Waals surface area (Å²) in [5.41, 5.74) is 0.150. The van der Waals surface area contributed by atoms with Crippen LogP contribution in [0.4, 0.5) is 0 Å². The topological polar surface area (TPSA) is 55.4 Å². The number of esters is 1. The van der Waals surface area contributed by atoms with Gasteiger partial charge in [-0.15, -0.1) is 0 Å². The molecule has 17 heavy (non-hydrogen) atoms. The van der Waals surface area contributed by atoms with E-state index >= 15 is 0 Å². The quantitative estimate of drug-likeness (QED) is 0.376. The number of rotatable bonds is 4. The van der Waals surface area contributed by atoms with Crippen molar-refractivity contribution in [1.29, 1.82) is 0 Å². The van der Waals surface area contributed by atoms with Crippen molar-refractivity contribution in [3.8, 4) is 0 Å². The van der Waals surface area contributed by atoms with Gasteiger partial charge in [0.15, 0.2) is 0 Å². The highest BCUT2D eigenvalue weighted by Crippen LogP contribution is 2.25. The molecule has 0 aliphatic rings. The molecule has 0 aliphatic heterocycles. The van der Waals surface area contributed by atoms with Crippen LogP contribution in [0, 0.1) is 0 Å². The number of carbonyl (C=O) groups excluding carboxylic acids is 2. The average Bonchev–Trinajstić information content (AvgIpc) is 2.22. The van der Waals surface area contributed by atoms with Crippen LogP contribution in [0.1, 0.15) is 13.8 Å². The van der Waals surface area contributed by atoms with Gasteiger partial charge in [-0.3, -0.25) is 4.79 Å². The summed E-state index contributed by atoms with van der Waals surface area (Å²) in [6.45, 7) is 3.61. The van der Waals surface area contributed by atoms with Gasteiger partial charge in [0.25, 0.3) is 9.70 Å². The van der Waals surface area contributed by atoms with Gasteiger partial charge in [-0.1, -0.05) is 47.0 Å². The Bertz CT molecular complexity index is 345. The predicted octanol–water partition coefficient (Wildman–Crippen LogP) is 2.50. The van der Waals surface area contributed by atoms with E-state index in [2.05, 4.69) is 5.32 Å². The number of hydrogen-bond acceptors (Lipinski definition) is 3. The van der Waals surface area contributed by atoms with Crippen LogP contribution in [-0.2, 0) is 14.3 Å². The van der Waals surface area contributed by atoms with Crippen LogP contribution >= 0.6 is 34.8 Å².